The maximum Gasteiger partial charge on any atom is 0.268 e. The highest BCUT2D eigenvalue weighted by atomic mass is 35.5. The number of halogens is 1. The van der Waals surface area contributed by atoms with Gasteiger partial charge in [0, 0.05) is 26.6 Å². The van der Waals surface area contributed by atoms with Crippen LogP contribution >= 0.6 is 11.6 Å². The summed E-state index contributed by atoms with van der Waals surface area (Å²) < 4.78 is 27.0. The third-order valence-corrected chi connectivity index (χ3v) is 5.87. The predicted octanol–water partition coefficient (Wildman–Crippen LogP) is 1.06. The number of nitrogens with zero attached hydrogens (tertiary/aromatic N) is 3. The number of hydrogen-bond donors (Lipinski definition) is 1. The minimum atomic E-state index is -3.57. The lowest BCUT2D eigenvalue weighted by molar-refractivity contribution is 0.147. The molecule has 136 valence electrons. The van der Waals surface area contributed by atoms with Gasteiger partial charge in [0.15, 0.2) is 0 Å². The maximum absolute atomic E-state index is 12.4. The van der Waals surface area contributed by atoms with E-state index in [1.54, 1.807) is 25.1 Å². The summed E-state index contributed by atoms with van der Waals surface area (Å²) in [5.41, 5.74) is 0.870. The second-order valence-corrected chi connectivity index (χ2v) is 8.50. The fraction of sp³-hybridized carbons (Fsp3) is 0.375. The minimum absolute atomic E-state index is 0.0142. The third kappa shape index (κ3) is 4.66. The van der Waals surface area contributed by atoms with Crippen LogP contribution in [0.2, 0.25) is 5.02 Å². The summed E-state index contributed by atoms with van der Waals surface area (Å²) in [5, 5.41) is 14.3. The van der Waals surface area contributed by atoms with Crippen molar-refractivity contribution in [1.82, 2.24) is 14.1 Å². The van der Waals surface area contributed by atoms with Crippen molar-refractivity contribution in [2.45, 2.75) is 30.9 Å². The van der Waals surface area contributed by atoms with E-state index in [1.165, 1.54) is 26.4 Å². The summed E-state index contributed by atoms with van der Waals surface area (Å²) in [7, 11) is -0.632. The van der Waals surface area contributed by atoms with Crippen molar-refractivity contribution >= 4 is 21.6 Å². The number of hydrogen-bond acceptors (Lipinski definition) is 5. The Kier molecular flexibility index (Phi) is 5.99. The van der Waals surface area contributed by atoms with Crippen LogP contribution in [0.4, 0.5) is 0 Å². The van der Waals surface area contributed by atoms with E-state index in [2.05, 4.69) is 5.10 Å². The SMILES string of the molecule is Cc1ccc(CC(O)Cn2ncc(Cl)cc2=O)cc1S(=O)(=O)N(C)C. The molecule has 1 atom stereocenters. The first kappa shape index (κ1) is 19.6. The monoisotopic (exact) mass is 385 g/mol. The molecule has 0 amide bonds. The number of benzene rings is 1. The fourth-order valence-corrected chi connectivity index (χ4v) is 3.64. The van der Waals surface area contributed by atoms with Gasteiger partial charge in [0.2, 0.25) is 10.0 Å². The van der Waals surface area contributed by atoms with Gasteiger partial charge in [-0.15, -0.1) is 0 Å². The molecule has 0 aliphatic carbocycles. The van der Waals surface area contributed by atoms with E-state index in [1.807, 2.05) is 0 Å². The highest BCUT2D eigenvalue weighted by Gasteiger charge is 2.20. The van der Waals surface area contributed by atoms with Gasteiger partial charge in [-0.3, -0.25) is 4.79 Å². The zero-order valence-electron chi connectivity index (χ0n) is 14.2. The van der Waals surface area contributed by atoms with Crippen molar-refractivity contribution in [1.29, 1.82) is 0 Å². The molecule has 0 aliphatic heterocycles. The Morgan fingerprint density at radius 1 is 1.32 bits per heavy atom. The molecule has 2 aromatic rings. The van der Waals surface area contributed by atoms with Crippen LogP contribution in [0.5, 0.6) is 0 Å². The number of aliphatic hydroxyl groups excluding tert-OH is 1. The van der Waals surface area contributed by atoms with Gasteiger partial charge in [-0.25, -0.2) is 17.4 Å². The van der Waals surface area contributed by atoms with Gasteiger partial charge in [0.05, 0.1) is 28.8 Å². The fourth-order valence-electron chi connectivity index (χ4n) is 2.33. The molecule has 0 fully saturated rings. The molecule has 7 nitrogen and oxygen atoms in total. The smallest absolute Gasteiger partial charge is 0.268 e. The van der Waals surface area contributed by atoms with Crippen LogP contribution in [0.1, 0.15) is 11.1 Å². The molecule has 9 heteroatoms. The summed E-state index contributed by atoms with van der Waals surface area (Å²) in [4.78, 5) is 12.0. The quantitative estimate of drug-likeness (QED) is 0.802. The van der Waals surface area contributed by atoms with E-state index in [0.717, 1.165) is 8.99 Å². The Hall–Kier alpha value is -1.74. The lowest BCUT2D eigenvalue weighted by Gasteiger charge is -2.16. The van der Waals surface area contributed by atoms with Crippen LogP contribution in [-0.4, -0.2) is 47.8 Å². The number of aryl methyl sites for hydroxylation is 1. The van der Waals surface area contributed by atoms with Crippen LogP contribution in [-0.2, 0) is 23.0 Å². The van der Waals surface area contributed by atoms with Crippen LogP contribution < -0.4 is 5.56 Å². The molecule has 1 aromatic carbocycles. The second-order valence-electron chi connectivity index (χ2n) is 5.94. The summed E-state index contributed by atoms with van der Waals surface area (Å²) in [6.45, 7) is 1.70. The topological polar surface area (TPSA) is 92.5 Å². The Morgan fingerprint density at radius 3 is 2.60 bits per heavy atom. The highest BCUT2D eigenvalue weighted by molar-refractivity contribution is 7.89. The predicted molar refractivity (Wildman–Crippen MR) is 95.3 cm³/mol. The van der Waals surface area contributed by atoms with Crippen molar-refractivity contribution in [2.24, 2.45) is 0 Å². The van der Waals surface area contributed by atoms with Crippen molar-refractivity contribution in [3.8, 4) is 0 Å². The van der Waals surface area contributed by atoms with Gasteiger partial charge in [-0.1, -0.05) is 23.7 Å². The van der Waals surface area contributed by atoms with E-state index in [4.69, 9.17) is 11.6 Å². The van der Waals surface area contributed by atoms with Crippen LogP contribution in [0.25, 0.3) is 0 Å². The van der Waals surface area contributed by atoms with Gasteiger partial charge in [0.1, 0.15) is 0 Å². The largest absolute Gasteiger partial charge is 0.391 e. The molecule has 0 saturated carbocycles. The zero-order chi connectivity index (χ0) is 18.8. The van der Waals surface area contributed by atoms with E-state index >= 15 is 0 Å². The van der Waals surface area contributed by atoms with Crippen LogP contribution in [0.3, 0.4) is 0 Å². The highest BCUT2D eigenvalue weighted by Crippen LogP contribution is 2.20. The Labute approximate surface area is 151 Å². The van der Waals surface area contributed by atoms with Gasteiger partial charge in [0.25, 0.3) is 5.56 Å². The van der Waals surface area contributed by atoms with E-state index in [9.17, 15) is 18.3 Å². The molecule has 0 saturated heterocycles. The van der Waals surface area contributed by atoms with Gasteiger partial charge in [-0.05, 0) is 24.1 Å². The molecule has 1 unspecified atom stereocenters. The molecule has 0 bridgehead atoms. The molecule has 2 rings (SSSR count). The lowest BCUT2D eigenvalue weighted by atomic mass is 10.1. The number of aliphatic hydroxyl groups is 1. The van der Waals surface area contributed by atoms with Gasteiger partial charge in [-0.2, -0.15) is 5.10 Å². The molecular weight excluding hydrogens is 366 g/mol. The van der Waals surface area contributed by atoms with Crippen molar-refractivity contribution in [3.63, 3.8) is 0 Å². The van der Waals surface area contributed by atoms with Crippen molar-refractivity contribution in [2.75, 3.05) is 14.1 Å². The molecule has 0 radical (unpaired) electrons. The lowest BCUT2D eigenvalue weighted by Crippen LogP contribution is -2.29. The zero-order valence-corrected chi connectivity index (χ0v) is 15.8. The summed E-state index contributed by atoms with van der Waals surface area (Å²) in [6, 6.07) is 6.22. The Bertz CT molecular complexity index is 925. The second kappa shape index (κ2) is 7.65. The van der Waals surface area contributed by atoms with Crippen LogP contribution in [0.15, 0.2) is 40.2 Å². The average Bonchev–Trinajstić information content (AvgIpc) is 2.51. The standard InChI is InChI=1S/C16H20ClN3O4S/c1-11-4-5-12(7-15(11)25(23,24)19(2)3)6-14(21)10-20-16(22)8-13(17)9-18-20/h4-5,7-9,14,21H,6,10H2,1-3H3. The first-order valence-corrected chi connectivity index (χ1v) is 9.36. The molecule has 25 heavy (non-hydrogen) atoms. The molecule has 1 N–H and O–H groups in total. The molecule has 0 aliphatic rings. The normalized spacial score (nSPS) is 13.2. The summed E-state index contributed by atoms with van der Waals surface area (Å²) >= 11 is 5.68. The molecule has 1 aromatic heterocycles. The number of sulfonamides is 1. The van der Waals surface area contributed by atoms with Crippen LogP contribution in [0, 0.1) is 6.92 Å². The molecule has 1 heterocycles. The van der Waals surface area contributed by atoms with E-state index < -0.39 is 21.7 Å². The third-order valence-electron chi connectivity index (χ3n) is 3.70. The molecule has 0 spiro atoms. The maximum atomic E-state index is 12.4. The molecular formula is C16H20ClN3O4S. The summed E-state index contributed by atoms with van der Waals surface area (Å²) in [5.74, 6) is 0. The van der Waals surface area contributed by atoms with Crippen molar-refractivity contribution in [3.05, 3.63) is 57.0 Å². The first-order valence-electron chi connectivity index (χ1n) is 7.54. The van der Waals surface area contributed by atoms with E-state index in [0.29, 0.717) is 11.1 Å². The number of aromatic nitrogens is 2. The van der Waals surface area contributed by atoms with Gasteiger partial charge < -0.3 is 5.11 Å². The Morgan fingerprint density at radius 2 is 2.00 bits per heavy atom. The van der Waals surface area contributed by atoms with Crippen molar-refractivity contribution < 1.29 is 13.5 Å². The van der Waals surface area contributed by atoms with E-state index in [-0.39, 0.29) is 22.9 Å². The average molecular weight is 386 g/mol. The minimum Gasteiger partial charge on any atom is -0.391 e. The van der Waals surface area contributed by atoms with Gasteiger partial charge >= 0.3 is 0 Å². The number of rotatable bonds is 6. The summed E-state index contributed by atoms with van der Waals surface area (Å²) in [6.07, 6.45) is 0.611. The first-order chi connectivity index (χ1) is 11.6. The Balaban J connectivity index is 2.21.